The first kappa shape index (κ1) is 23.1. The largest absolute Gasteiger partial charge is 0.455 e. The third-order valence-electron chi connectivity index (χ3n) is 8.40. The topological polar surface area (TPSA) is 31.0 Å². The summed E-state index contributed by atoms with van der Waals surface area (Å²) in [7, 11) is 0. The van der Waals surface area contributed by atoms with Crippen LogP contribution in [0.15, 0.2) is 150 Å². The molecule has 0 saturated heterocycles. The van der Waals surface area contributed by atoms with E-state index < -0.39 is 0 Å². The molecule has 9 rings (SSSR count). The van der Waals surface area contributed by atoms with Gasteiger partial charge in [-0.2, -0.15) is 0 Å². The van der Waals surface area contributed by atoms with Gasteiger partial charge >= 0.3 is 0 Å². The quantitative estimate of drug-likeness (QED) is 0.225. The van der Waals surface area contributed by atoms with Gasteiger partial charge in [0.15, 0.2) is 0 Å². The zero-order valence-corrected chi connectivity index (χ0v) is 22.7. The molecule has 0 aliphatic carbocycles. The summed E-state index contributed by atoms with van der Waals surface area (Å²) < 4.78 is 9.12. The lowest BCUT2D eigenvalue weighted by molar-refractivity contribution is 0.673. The summed E-state index contributed by atoms with van der Waals surface area (Å²) in [6, 6.07) is 51.2. The van der Waals surface area contributed by atoms with Crippen molar-refractivity contribution in [3.05, 3.63) is 146 Å². The van der Waals surface area contributed by atoms with Gasteiger partial charge in [0.2, 0.25) is 0 Å². The molecule has 0 fully saturated rings. The molecule has 0 amide bonds. The van der Waals surface area contributed by atoms with Crippen molar-refractivity contribution in [3.63, 3.8) is 0 Å². The molecule has 0 spiro atoms. The van der Waals surface area contributed by atoms with Crippen LogP contribution in [0.3, 0.4) is 0 Å². The fourth-order valence-electron chi connectivity index (χ4n) is 6.49. The van der Waals surface area contributed by atoms with E-state index in [-0.39, 0.29) is 0 Å². The lowest BCUT2D eigenvalue weighted by Gasteiger charge is -2.16. The van der Waals surface area contributed by atoms with Crippen LogP contribution in [0.5, 0.6) is 0 Å². The minimum Gasteiger partial charge on any atom is -0.455 e. The Kier molecular flexibility index (Phi) is 4.90. The van der Waals surface area contributed by atoms with E-state index in [0.717, 1.165) is 66.6 Å². The smallest absolute Gasteiger partial charge is 0.149 e. The molecule has 7 aromatic carbocycles. The number of furan rings is 1. The van der Waals surface area contributed by atoms with E-state index in [2.05, 4.69) is 150 Å². The summed E-state index contributed by atoms with van der Waals surface area (Å²) in [4.78, 5) is 5.33. The third-order valence-corrected chi connectivity index (χ3v) is 8.40. The Hall–Kier alpha value is -5.67. The predicted molar refractivity (Wildman–Crippen MR) is 174 cm³/mol. The zero-order chi connectivity index (χ0) is 27.6. The van der Waals surface area contributed by atoms with Crippen LogP contribution in [0, 0.1) is 0 Å². The van der Waals surface area contributed by atoms with Crippen molar-refractivity contribution in [2.45, 2.75) is 0 Å². The Morgan fingerprint density at radius 3 is 1.98 bits per heavy atom. The zero-order valence-electron chi connectivity index (χ0n) is 22.7. The average molecular weight is 537 g/mol. The summed E-state index contributed by atoms with van der Waals surface area (Å²) in [5, 5.41) is 6.84. The lowest BCUT2D eigenvalue weighted by atomic mass is 10.0. The summed E-state index contributed by atoms with van der Waals surface area (Å²) in [6.07, 6.45) is 0. The first-order valence-corrected chi connectivity index (χ1v) is 14.2. The standard InChI is InChI=1S/C39H24N2O/c1-2-11-25(12-3-1)28-15-8-9-20-35(28)41-36-29-16-6-4-13-26(29)22-24-34(36)40-39(41)33-19-10-18-31-32-23-21-27-14-5-7-17-30(27)37(32)42-38(31)33/h1-24H. The Labute approximate surface area is 241 Å². The van der Waals surface area contributed by atoms with E-state index in [1.54, 1.807) is 0 Å². The second-order valence-electron chi connectivity index (χ2n) is 10.8. The number of hydrogen-bond acceptors (Lipinski definition) is 2. The van der Waals surface area contributed by atoms with E-state index >= 15 is 0 Å². The highest BCUT2D eigenvalue weighted by Gasteiger charge is 2.23. The van der Waals surface area contributed by atoms with Gasteiger partial charge in [-0.25, -0.2) is 4.98 Å². The van der Waals surface area contributed by atoms with Crippen molar-refractivity contribution in [2.75, 3.05) is 0 Å². The molecule has 2 aromatic heterocycles. The fraction of sp³-hybridized carbons (Fsp3) is 0. The Morgan fingerprint density at radius 1 is 0.452 bits per heavy atom. The second-order valence-corrected chi connectivity index (χ2v) is 10.8. The normalized spacial score (nSPS) is 11.8. The van der Waals surface area contributed by atoms with E-state index in [0.29, 0.717) is 0 Å². The molecule has 0 atom stereocenters. The summed E-state index contributed by atoms with van der Waals surface area (Å²) in [5.41, 5.74) is 8.15. The van der Waals surface area contributed by atoms with E-state index in [1.165, 1.54) is 16.2 Å². The first-order chi connectivity index (χ1) is 20.8. The number of fused-ring (bicyclic) bond motifs is 8. The Balaban J connectivity index is 1.43. The molecule has 0 unspecified atom stereocenters. The molecule has 0 N–H and O–H groups in total. The molecule has 0 bridgehead atoms. The highest BCUT2D eigenvalue weighted by atomic mass is 16.3. The molecule has 3 heteroatoms. The van der Waals surface area contributed by atoms with Crippen molar-refractivity contribution in [2.24, 2.45) is 0 Å². The molecule has 2 heterocycles. The van der Waals surface area contributed by atoms with Gasteiger partial charge in [0.1, 0.15) is 17.0 Å². The van der Waals surface area contributed by atoms with Gasteiger partial charge in [-0.3, -0.25) is 4.57 Å². The van der Waals surface area contributed by atoms with Crippen LogP contribution in [0.25, 0.3) is 82.7 Å². The van der Waals surface area contributed by atoms with Crippen molar-refractivity contribution in [3.8, 4) is 28.2 Å². The van der Waals surface area contributed by atoms with Crippen molar-refractivity contribution < 1.29 is 4.42 Å². The number of para-hydroxylation sites is 2. The molecule has 3 nitrogen and oxygen atoms in total. The molecule has 0 aliphatic rings. The van der Waals surface area contributed by atoms with E-state index in [1.807, 2.05) is 0 Å². The van der Waals surface area contributed by atoms with Gasteiger partial charge in [0.05, 0.1) is 22.3 Å². The van der Waals surface area contributed by atoms with Gasteiger partial charge < -0.3 is 4.42 Å². The summed E-state index contributed by atoms with van der Waals surface area (Å²) in [5.74, 6) is 0.860. The average Bonchev–Trinajstić information content (AvgIpc) is 3.64. The second kappa shape index (κ2) is 8.92. The van der Waals surface area contributed by atoms with E-state index in [4.69, 9.17) is 9.40 Å². The first-order valence-electron chi connectivity index (χ1n) is 14.2. The molecule has 9 aromatic rings. The molecule has 196 valence electrons. The minimum absolute atomic E-state index is 0.849. The van der Waals surface area contributed by atoms with E-state index in [9.17, 15) is 0 Å². The van der Waals surface area contributed by atoms with Crippen LogP contribution in [-0.2, 0) is 0 Å². The number of hydrogen-bond donors (Lipinski definition) is 0. The van der Waals surface area contributed by atoms with Crippen molar-refractivity contribution in [1.29, 1.82) is 0 Å². The molecule has 0 saturated carbocycles. The minimum atomic E-state index is 0.849. The Morgan fingerprint density at radius 2 is 1.10 bits per heavy atom. The monoisotopic (exact) mass is 536 g/mol. The molecule has 0 aliphatic heterocycles. The van der Waals surface area contributed by atoms with Crippen LogP contribution < -0.4 is 0 Å². The van der Waals surface area contributed by atoms with Gasteiger partial charge in [0.25, 0.3) is 0 Å². The van der Waals surface area contributed by atoms with Gasteiger partial charge in [-0.15, -0.1) is 0 Å². The van der Waals surface area contributed by atoms with Crippen LogP contribution in [0.1, 0.15) is 0 Å². The van der Waals surface area contributed by atoms with Crippen LogP contribution in [-0.4, -0.2) is 9.55 Å². The number of aromatic nitrogens is 2. The maximum atomic E-state index is 6.79. The fourth-order valence-corrected chi connectivity index (χ4v) is 6.49. The van der Waals surface area contributed by atoms with Crippen LogP contribution in [0.4, 0.5) is 0 Å². The predicted octanol–water partition coefficient (Wildman–Crippen LogP) is 10.6. The number of rotatable bonds is 3. The summed E-state index contributed by atoms with van der Waals surface area (Å²) >= 11 is 0. The van der Waals surface area contributed by atoms with Gasteiger partial charge in [-0.1, -0.05) is 121 Å². The van der Waals surface area contributed by atoms with Crippen molar-refractivity contribution >= 4 is 54.5 Å². The summed E-state index contributed by atoms with van der Waals surface area (Å²) in [6.45, 7) is 0. The number of imidazole rings is 1. The lowest BCUT2D eigenvalue weighted by Crippen LogP contribution is -2.00. The molecule has 0 radical (unpaired) electrons. The van der Waals surface area contributed by atoms with Crippen LogP contribution >= 0.6 is 0 Å². The number of benzene rings is 7. The Bertz CT molecular complexity index is 2470. The number of nitrogens with zero attached hydrogens (tertiary/aromatic N) is 2. The maximum absolute atomic E-state index is 6.79. The molecular weight excluding hydrogens is 512 g/mol. The molecule has 42 heavy (non-hydrogen) atoms. The van der Waals surface area contributed by atoms with Gasteiger partial charge in [0, 0.05) is 27.1 Å². The third kappa shape index (κ3) is 3.31. The van der Waals surface area contributed by atoms with Gasteiger partial charge in [-0.05, 0) is 40.6 Å². The highest BCUT2D eigenvalue weighted by molar-refractivity contribution is 6.17. The SMILES string of the molecule is c1ccc(-c2ccccc2-n2c(-c3cccc4c3oc3c5ccccc5ccc43)nc3ccc4ccccc4c32)cc1. The highest BCUT2D eigenvalue weighted by Crippen LogP contribution is 2.42. The van der Waals surface area contributed by atoms with Crippen LogP contribution in [0.2, 0.25) is 0 Å². The van der Waals surface area contributed by atoms with Crippen molar-refractivity contribution in [1.82, 2.24) is 9.55 Å². The maximum Gasteiger partial charge on any atom is 0.149 e. The molecular formula is C39H24N2O.